The molecule has 3 rings (SSSR count). The van der Waals surface area contributed by atoms with Gasteiger partial charge >= 0.3 is 6.09 Å². The Kier molecular flexibility index (Phi) is 5.59. The number of likely N-dealkylation sites (tertiary alicyclic amines) is 1. The number of nitrogens with zero attached hydrogens (tertiary/aromatic N) is 2. The second-order valence-corrected chi connectivity index (χ2v) is 8.57. The Hall–Kier alpha value is -1.97. The number of carbonyl (C=O) groups excluding carboxylic acids is 1. The normalized spacial score (nSPS) is 16.2. The van der Waals surface area contributed by atoms with Crippen LogP contribution < -0.4 is 0 Å². The Bertz CT molecular complexity index is 749. The maximum atomic E-state index is 12.1. The predicted molar refractivity (Wildman–Crippen MR) is 106 cm³/mol. The zero-order chi connectivity index (χ0) is 18.7. The Morgan fingerprint density at radius 2 is 1.92 bits per heavy atom. The fourth-order valence-electron chi connectivity index (χ4n) is 3.85. The number of benzene rings is 1. The molecular formula is C22H32N2O2. The summed E-state index contributed by atoms with van der Waals surface area (Å²) in [6.07, 6.45) is 6.64. The molecular weight excluding hydrogens is 324 g/mol. The van der Waals surface area contributed by atoms with Crippen molar-refractivity contribution in [2.24, 2.45) is 5.92 Å². The molecule has 142 valence electrons. The van der Waals surface area contributed by atoms with Crippen molar-refractivity contribution in [3.8, 4) is 0 Å². The molecule has 1 aromatic heterocycles. The van der Waals surface area contributed by atoms with Crippen molar-refractivity contribution in [1.82, 2.24) is 9.47 Å². The molecule has 1 saturated heterocycles. The van der Waals surface area contributed by atoms with E-state index in [1.807, 2.05) is 25.7 Å². The van der Waals surface area contributed by atoms with E-state index in [9.17, 15) is 4.79 Å². The first-order chi connectivity index (χ1) is 12.3. The number of rotatable bonds is 4. The molecule has 4 heteroatoms. The lowest BCUT2D eigenvalue weighted by Crippen LogP contribution is -2.41. The lowest BCUT2D eigenvalue weighted by atomic mass is 9.92. The second kappa shape index (κ2) is 7.73. The van der Waals surface area contributed by atoms with Crippen LogP contribution in [0.5, 0.6) is 0 Å². The minimum atomic E-state index is -0.411. The van der Waals surface area contributed by atoms with Crippen LogP contribution in [0.25, 0.3) is 10.9 Å². The molecule has 0 aliphatic carbocycles. The number of hydrogen-bond acceptors (Lipinski definition) is 2. The molecule has 1 aromatic carbocycles. The number of ether oxygens (including phenoxy) is 1. The molecule has 0 saturated carbocycles. The van der Waals surface area contributed by atoms with Gasteiger partial charge in [-0.3, -0.25) is 0 Å². The molecule has 1 fully saturated rings. The Morgan fingerprint density at radius 3 is 2.62 bits per heavy atom. The average molecular weight is 357 g/mol. The summed E-state index contributed by atoms with van der Waals surface area (Å²) < 4.78 is 7.85. The minimum absolute atomic E-state index is 0.162. The lowest BCUT2D eigenvalue weighted by Gasteiger charge is -2.33. The Morgan fingerprint density at radius 1 is 1.19 bits per heavy atom. The molecule has 1 aliphatic heterocycles. The fraction of sp³-hybridized carbons (Fsp3) is 0.591. The standard InChI is InChI=1S/C22H32N2O2/c1-17-7-5-9-20-19(17)12-16-23(20)13-6-8-18-10-14-24(15-11-18)21(25)26-22(2,3)4/h5,7,9,12,16,18H,6,8,10-11,13-15H2,1-4H3. The van der Waals surface area contributed by atoms with Crippen molar-refractivity contribution in [3.63, 3.8) is 0 Å². The van der Waals surface area contributed by atoms with Gasteiger partial charge in [-0.25, -0.2) is 4.79 Å². The number of carbonyl (C=O) groups is 1. The van der Waals surface area contributed by atoms with Gasteiger partial charge in [0, 0.05) is 36.7 Å². The van der Waals surface area contributed by atoms with Crippen LogP contribution in [0.2, 0.25) is 0 Å². The highest BCUT2D eigenvalue weighted by atomic mass is 16.6. The first-order valence-corrected chi connectivity index (χ1v) is 9.86. The van der Waals surface area contributed by atoms with Gasteiger partial charge in [-0.2, -0.15) is 0 Å². The summed E-state index contributed by atoms with van der Waals surface area (Å²) in [6.45, 7) is 10.7. The molecule has 0 radical (unpaired) electrons. The first-order valence-electron chi connectivity index (χ1n) is 9.86. The van der Waals surface area contributed by atoms with Crippen molar-refractivity contribution in [2.45, 2.75) is 65.5 Å². The molecule has 0 atom stereocenters. The van der Waals surface area contributed by atoms with E-state index in [0.29, 0.717) is 0 Å². The van der Waals surface area contributed by atoms with Crippen LogP contribution in [-0.4, -0.2) is 34.3 Å². The molecule has 2 aromatic rings. The molecule has 0 bridgehead atoms. The minimum Gasteiger partial charge on any atom is -0.444 e. The van der Waals surface area contributed by atoms with E-state index < -0.39 is 5.60 Å². The molecule has 0 unspecified atom stereocenters. The topological polar surface area (TPSA) is 34.5 Å². The summed E-state index contributed by atoms with van der Waals surface area (Å²) in [4.78, 5) is 14.0. The summed E-state index contributed by atoms with van der Waals surface area (Å²) in [7, 11) is 0. The van der Waals surface area contributed by atoms with Crippen molar-refractivity contribution in [3.05, 3.63) is 36.0 Å². The molecule has 26 heavy (non-hydrogen) atoms. The van der Waals surface area contributed by atoms with E-state index in [4.69, 9.17) is 4.74 Å². The quantitative estimate of drug-likeness (QED) is 0.737. The average Bonchev–Trinajstić information content (AvgIpc) is 2.99. The number of piperidine rings is 1. The van der Waals surface area contributed by atoms with Crippen LogP contribution in [-0.2, 0) is 11.3 Å². The van der Waals surface area contributed by atoms with Gasteiger partial charge in [0.15, 0.2) is 0 Å². The third kappa shape index (κ3) is 4.60. The molecule has 0 spiro atoms. The van der Waals surface area contributed by atoms with Gasteiger partial charge in [-0.1, -0.05) is 12.1 Å². The number of aromatic nitrogens is 1. The van der Waals surface area contributed by atoms with E-state index >= 15 is 0 Å². The van der Waals surface area contributed by atoms with Crippen LogP contribution >= 0.6 is 0 Å². The Labute approximate surface area is 157 Å². The largest absolute Gasteiger partial charge is 0.444 e. The molecule has 1 aliphatic rings. The van der Waals surface area contributed by atoms with Crippen LogP contribution in [0.15, 0.2) is 30.5 Å². The number of amides is 1. The van der Waals surface area contributed by atoms with E-state index in [2.05, 4.69) is 42.0 Å². The summed E-state index contributed by atoms with van der Waals surface area (Å²) >= 11 is 0. The number of aryl methyl sites for hydroxylation is 2. The first kappa shape index (κ1) is 18.8. The molecule has 1 amide bonds. The van der Waals surface area contributed by atoms with Crippen molar-refractivity contribution in [1.29, 1.82) is 0 Å². The van der Waals surface area contributed by atoms with E-state index in [-0.39, 0.29) is 6.09 Å². The van der Waals surface area contributed by atoms with Crippen LogP contribution in [0.4, 0.5) is 4.79 Å². The second-order valence-electron chi connectivity index (χ2n) is 8.57. The van der Waals surface area contributed by atoms with E-state index in [0.717, 1.165) is 38.4 Å². The van der Waals surface area contributed by atoms with Gasteiger partial charge in [0.1, 0.15) is 5.60 Å². The van der Waals surface area contributed by atoms with Crippen molar-refractivity contribution >= 4 is 17.0 Å². The van der Waals surface area contributed by atoms with Crippen molar-refractivity contribution < 1.29 is 9.53 Å². The predicted octanol–water partition coefficient (Wildman–Crippen LogP) is 5.38. The highest BCUT2D eigenvalue weighted by Crippen LogP contribution is 2.25. The number of hydrogen-bond donors (Lipinski definition) is 0. The number of fused-ring (bicyclic) bond motifs is 1. The maximum Gasteiger partial charge on any atom is 0.410 e. The highest BCUT2D eigenvalue weighted by Gasteiger charge is 2.26. The van der Waals surface area contributed by atoms with Crippen molar-refractivity contribution in [2.75, 3.05) is 13.1 Å². The van der Waals surface area contributed by atoms with Crippen LogP contribution in [0, 0.1) is 12.8 Å². The highest BCUT2D eigenvalue weighted by molar-refractivity contribution is 5.83. The third-order valence-electron chi connectivity index (χ3n) is 5.31. The van der Waals surface area contributed by atoms with Gasteiger partial charge < -0.3 is 14.2 Å². The smallest absolute Gasteiger partial charge is 0.410 e. The lowest BCUT2D eigenvalue weighted by molar-refractivity contribution is 0.0180. The third-order valence-corrected chi connectivity index (χ3v) is 5.31. The van der Waals surface area contributed by atoms with E-state index in [1.54, 1.807) is 0 Å². The SMILES string of the molecule is Cc1cccc2c1ccn2CCCC1CCN(C(=O)OC(C)(C)C)CC1. The molecule has 0 N–H and O–H groups in total. The molecule has 4 nitrogen and oxygen atoms in total. The molecule has 2 heterocycles. The monoisotopic (exact) mass is 356 g/mol. The zero-order valence-electron chi connectivity index (χ0n) is 16.6. The Balaban J connectivity index is 1.44. The summed E-state index contributed by atoms with van der Waals surface area (Å²) in [6, 6.07) is 8.75. The maximum absolute atomic E-state index is 12.1. The van der Waals surface area contributed by atoms with E-state index in [1.165, 1.54) is 29.3 Å². The fourth-order valence-corrected chi connectivity index (χ4v) is 3.85. The van der Waals surface area contributed by atoms with Gasteiger partial charge in [0.05, 0.1) is 0 Å². The summed E-state index contributed by atoms with van der Waals surface area (Å²) in [5.41, 5.74) is 2.27. The van der Waals surface area contributed by atoms with Gasteiger partial charge in [-0.15, -0.1) is 0 Å². The summed E-state index contributed by atoms with van der Waals surface area (Å²) in [5.74, 6) is 0.720. The van der Waals surface area contributed by atoms with Gasteiger partial charge in [0.2, 0.25) is 0 Å². The van der Waals surface area contributed by atoms with Crippen LogP contribution in [0.1, 0.15) is 52.0 Å². The summed E-state index contributed by atoms with van der Waals surface area (Å²) in [5, 5.41) is 1.36. The zero-order valence-corrected chi connectivity index (χ0v) is 16.6. The van der Waals surface area contributed by atoms with Crippen LogP contribution in [0.3, 0.4) is 0 Å². The van der Waals surface area contributed by atoms with Gasteiger partial charge in [-0.05, 0) is 77.0 Å². The van der Waals surface area contributed by atoms with Gasteiger partial charge in [0.25, 0.3) is 0 Å².